The van der Waals surface area contributed by atoms with Crippen LogP contribution in [-0.2, 0) is 6.42 Å². The van der Waals surface area contributed by atoms with E-state index in [-0.39, 0.29) is 0 Å². The second-order valence-corrected chi connectivity index (χ2v) is 5.36. The first-order chi connectivity index (χ1) is 9.81. The highest BCUT2D eigenvalue weighted by molar-refractivity contribution is 5.83. The van der Waals surface area contributed by atoms with Gasteiger partial charge in [-0.2, -0.15) is 5.10 Å². The number of pyridine rings is 1. The van der Waals surface area contributed by atoms with Crippen LogP contribution in [0.5, 0.6) is 0 Å². The van der Waals surface area contributed by atoms with Crippen molar-refractivity contribution < 1.29 is 4.79 Å². The van der Waals surface area contributed by atoms with Crippen LogP contribution in [0.25, 0.3) is 5.65 Å². The number of hydrogen-bond acceptors (Lipinski definition) is 4. The van der Waals surface area contributed by atoms with E-state index in [1.54, 1.807) is 10.6 Å². The molecule has 3 heterocycles. The molecular formula is C15H20N4O. The molecular weight excluding hydrogens is 252 g/mol. The predicted octanol–water partition coefficient (Wildman–Crippen LogP) is 1.96. The number of likely N-dealkylation sites (tertiary alicyclic amines) is 1. The van der Waals surface area contributed by atoms with Crippen molar-refractivity contribution in [3.8, 4) is 0 Å². The standard InChI is InChI=1S/C15H20N4O/c1-2-18-8-4-3-7-13(18)10-14-16-15-12(11-20)6-5-9-19(15)17-14/h5-6,9,11,13H,2-4,7-8,10H2,1H3. The Bertz CT molecular complexity index is 607. The van der Waals surface area contributed by atoms with E-state index in [4.69, 9.17) is 0 Å². The van der Waals surface area contributed by atoms with Crippen LogP contribution in [0.1, 0.15) is 42.4 Å². The third-order valence-electron chi connectivity index (χ3n) is 4.14. The Kier molecular flexibility index (Phi) is 3.78. The number of fused-ring (bicyclic) bond motifs is 1. The topological polar surface area (TPSA) is 50.5 Å². The monoisotopic (exact) mass is 272 g/mol. The second-order valence-electron chi connectivity index (χ2n) is 5.36. The fourth-order valence-corrected chi connectivity index (χ4v) is 3.07. The molecule has 2 aromatic heterocycles. The van der Waals surface area contributed by atoms with Gasteiger partial charge in [-0.15, -0.1) is 0 Å². The Morgan fingerprint density at radius 2 is 2.35 bits per heavy atom. The van der Waals surface area contributed by atoms with Gasteiger partial charge in [0.2, 0.25) is 0 Å². The average molecular weight is 272 g/mol. The van der Waals surface area contributed by atoms with Gasteiger partial charge in [-0.05, 0) is 38.1 Å². The van der Waals surface area contributed by atoms with E-state index in [9.17, 15) is 4.79 Å². The summed E-state index contributed by atoms with van der Waals surface area (Å²) in [6, 6.07) is 4.14. The predicted molar refractivity (Wildman–Crippen MR) is 77.0 cm³/mol. The summed E-state index contributed by atoms with van der Waals surface area (Å²) in [4.78, 5) is 18.1. The van der Waals surface area contributed by atoms with Crippen LogP contribution < -0.4 is 0 Å². The maximum absolute atomic E-state index is 11.0. The Labute approximate surface area is 118 Å². The van der Waals surface area contributed by atoms with Crippen LogP contribution in [0.3, 0.4) is 0 Å². The van der Waals surface area contributed by atoms with E-state index in [1.165, 1.54) is 25.8 Å². The quantitative estimate of drug-likeness (QED) is 0.798. The first-order valence-corrected chi connectivity index (χ1v) is 7.35. The minimum Gasteiger partial charge on any atom is -0.300 e. The van der Waals surface area contributed by atoms with Gasteiger partial charge < -0.3 is 4.90 Å². The lowest BCUT2D eigenvalue weighted by atomic mass is 9.99. The highest BCUT2D eigenvalue weighted by atomic mass is 16.1. The fraction of sp³-hybridized carbons (Fsp3) is 0.533. The zero-order valence-electron chi connectivity index (χ0n) is 11.8. The smallest absolute Gasteiger partial charge is 0.166 e. The van der Waals surface area contributed by atoms with E-state index in [0.29, 0.717) is 17.3 Å². The molecule has 3 rings (SSSR count). The van der Waals surface area contributed by atoms with E-state index in [0.717, 1.165) is 25.1 Å². The first-order valence-electron chi connectivity index (χ1n) is 7.35. The van der Waals surface area contributed by atoms with Crippen molar-refractivity contribution in [2.24, 2.45) is 0 Å². The molecule has 1 atom stereocenters. The third kappa shape index (κ3) is 2.45. The molecule has 2 aromatic rings. The number of nitrogens with zero attached hydrogens (tertiary/aromatic N) is 4. The summed E-state index contributed by atoms with van der Waals surface area (Å²) >= 11 is 0. The molecule has 0 spiro atoms. The van der Waals surface area contributed by atoms with Crippen LogP contribution in [0.2, 0.25) is 0 Å². The highest BCUT2D eigenvalue weighted by Crippen LogP contribution is 2.19. The molecule has 0 saturated carbocycles. The zero-order chi connectivity index (χ0) is 13.9. The molecule has 5 heteroatoms. The van der Waals surface area contributed by atoms with Crippen molar-refractivity contribution in [3.63, 3.8) is 0 Å². The van der Waals surface area contributed by atoms with Gasteiger partial charge in [-0.25, -0.2) is 9.50 Å². The van der Waals surface area contributed by atoms with E-state index in [1.807, 2.05) is 12.3 Å². The first kappa shape index (κ1) is 13.2. The number of piperidine rings is 1. The molecule has 0 bridgehead atoms. The van der Waals surface area contributed by atoms with Crippen LogP contribution in [0.4, 0.5) is 0 Å². The number of carbonyl (C=O) groups excluding carboxylic acids is 1. The Hall–Kier alpha value is -1.75. The molecule has 0 radical (unpaired) electrons. The van der Waals surface area contributed by atoms with Crippen molar-refractivity contribution in [1.29, 1.82) is 0 Å². The van der Waals surface area contributed by atoms with Gasteiger partial charge in [0, 0.05) is 18.7 Å². The third-order valence-corrected chi connectivity index (χ3v) is 4.14. The van der Waals surface area contributed by atoms with Crippen molar-refractivity contribution in [1.82, 2.24) is 19.5 Å². The van der Waals surface area contributed by atoms with Gasteiger partial charge in [-0.1, -0.05) is 13.3 Å². The summed E-state index contributed by atoms with van der Waals surface area (Å²) in [5, 5.41) is 4.50. The van der Waals surface area contributed by atoms with Gasteiger partial charge in [0.05, 0.1) is 5.56 Å². The second kappa shape index (κ2) is 5.71. The maximum atomic E-state index is 11.0. The number of likely N-dealkylation sites (N-methyl/N-ethyl adjacent to an activating group) is 1. The highest BCUT2D eigenvalue weighted by Gasteiger charge is 2.23. The van der Waals surface area contributed by atoms with E-state index < -0.39 is 0 Å². The lowest BCUT2D eigenvalue weighted by Gasteiger charge is -2.34. The van der Waals surface area contributed by atoms with Crippen LogP contribution in [0.15, 0.2) is 18.3 Å². The summed E-state index contributed by atoms with van der Waals surface area (Å²) in [7, 11) is 0. The molecule has 106 valence electrons. The Balaban J connectivity index is 1.85. The number of carbonyl (C=O) groups is 1. The minimum atomic E-state index is 0.533. The molecule has 5 nitrogen and oxygen atoms in total. The normalized spacial score (nSPS) is 20.4. The molecule has 0 N–H and O–H groups in total. The average Bonchev–Trinajstić information content (AvgIpc) is 2.90. The summed E-state index contributed by atoms with van der Waals surface area (Å²) in [6.07, 6.45) is 7.34. The van der Waals surface area contributed by atoms with Gasteiger partial charge in [0.15, 0.2) is 17.8 Å². The number of hydrogen-bond donors (Lipinski definition) is 0. The molecule has 1 saturated heterocycles. The van der Waals surface area contributed by atoms with Gasteiger partial charge >= 0.3 is 0 Å². The zero-order valence-corrected chi connectivity index (χ0v) is 11.8. The molecule has 1 unspecified atom stereocenters. The van der Waals surface area contributed by atoms with E-state index in [2.05, 4.69) is 21.9 Å². The van der Waals surface area contributed by atoms with Crippen molar-refractivity contribution in [3.05, 3.63) is 29.7 Å². The van der Waals surface area contributed by atoms with Crippen LogP contribution >= 0.6 is 0 Å². The van der Waals surface area contributed by atoms with Crippen molar-refractivity contribution in [2.75, 3.05) is 13.1 Å². The number of aldehydes is 1. The SMILES string of the molecule is CCN1CCCCC1Cc1nc2c(C=O)cccn2n1. The molecule has 20 heavy (non-hydrogen) atoms. The largest absolute Gasteiger partial charge is 0.300 e. The number of aromatic nitrogens is 3. The number of rotatable bonds is 4. The van der Waals surface area contributed by atoms with E-state index >= 15 is 0 Å². The van der Waals surface area contributed by atoms with Gasteiger partial charge in [0.25, 0.3) is 0 Å². The molecule has 1 aliphatic heterocycles. The van der Waals surface area contributed by atoms with Gasteiger partial charge in [-0.3, -0.25) is 4.79 Å². The minimum absolute atomic E-state index is 0.533. The molecule has 1 fully saturated rings. The summed E-state index contributed by atoms with van der Waals surface area (Å²) in [5.74, 6) is 0.838. The fourth-order valence-electron chi connectivity index (χ4n) is 3.07. The van der Waals surface area contributed by atoms with Crippen molar-refractivity contribution in [2.45, 2.75) is 38.6 Å². The molecule has 0 amide bonds. The summed E-state index contributed by atoms with van der Waals surface area (Å²) in [6.45, 7) is 4.46. The van der Waals surface area contributed by atoms with Gasteiger partial charge in [0.1, 0.15) is 0 Å². The summed E-state index contributed by atoms with van der Waals surface area (Å²) < 4.78 is 1.71. The Morgan fingerprint density at radius 3 is 3.15 bits per heavy atom. The van der Waals surface area contributed by atoms with Crippen molar-refractivity contribution >= 4 is 11.9 Å². The van der Waals surface area contributed by atoms with Crippen LogP contribution in [0, 0.1) is 0 Å². The molecule has 0 aliphatic carbocycles. The molecule has 1 aliphatic rings. The maximum Gasteiger partial charge on any atom is 0.166 e. The molecule has 0 aromatic carbocycles. The Morgan fingerprint density at radius 1 is 1.45 bits per heavy atom. The summed E-state index contributed by atoms with van der Waals surface area (Å²) in [5.41, 5.74) is 1.26. The lowest BCUT2D eigenvalue weighted by molar-refractivity contribution is 0.112. The van der Waals surface area contributed by atoms with Crippen LogP contribution in [-0.4, -0.2) is 44.9 Å². The lowest BCUT2D eigenvalue weighted by Crippen LogP contribution is -2.40.